The van der Waals surface area contributed by atoms with E-state index in [9.17, 15) is 35.1 Å². The Morgan fingerprint density at radius 1 is 0.947 bits per heavy atom. The van der Waals surface area contributed by atoms with Gasteiger partial charge in [0, 0.05) is 5.56 Å². The molecule has 0 spiro atoms. The van der Waals surface area contributed by atoms with Gasteiger partial charge in [-0.05, 0) is 12.1 Å². The molecule has 1 rings (SSSR count). The number of benzene rings is 1. The first kappa shape index (κ1) is 15.2. The standard InChI is InChI=1S/C10H3F8N/c11-8(12)5-1-4(3-19)2-6(9(13,14)15)7(5)10(16,17)18/h1-2,8H. The van der Waals surface area contributed by atoms with Gasteiger partial charge in [-0.2, -0.15) is 31.6 Å². The molecule has 0 aliphatic carbocycles. The summed E-state index contributed by atoms with van der Waals surface area (Å²) in [7, 11) is 0. The van der Waals surface area contributed by atoms with Crippen LogP contribution in [0.1, 0.15) is 28.7 Å². The van der Waals surface area contributed by atoms with Gasteiger partial charge in [0.2, 0.25) is 0 Å². The van der Waals surface area contributed by atoms with Crippen LogP contribution in [0.3, 0.4) is 0 Å². The normalized spacial score (nSPS) is 12.6. The second-order valence-electron chi connectivity index (χ2n) is 3.40. The molecule has 0 radical (unpaired) electrons. The van der Waals surface area contributed by atoms with Crippen LogP contribution in [0, 0.1) is 11.3 Å². The van der Waals surface area contributed by atoms with E-state index >= 15 is 0 Å². The minimum Gasteiger partial charge on any atom is -0.205 e. The van der Waals surface area contributed by atoms with Gasteiger partial charge in [-0.25, -0.2) is 8.78 Å². The van der Waals surface area contributed by atoms with Crippen molar-refractivity contribution in [3.8, 4) is 6.07 Å². The molecule has 0 saturated heterocycles. The van der Waals surface area contributed by atoms with Gasteiger partial charge in [-0.1, -0.05) is 0 Å². The first-order valence-corrected chi connectivity index (χ1v) is 4.49. The van der Waals surface area contributed by atoms with Crippen molar-refractivity contribution in [2.45, 2.75) is 18.8 Å². The fourth-order valence-electron chi connectivity index (χ4n) is 1.44. The van der Waals surface area contributed by atoms with Crippen molar-refractivity contribution in [1.82, 2.24) is 0 Å². The molecular weight excluding hydrogens is 286 g/mol. The number of hydrogen-bond donors (Lipinski definition) is 0. The summed E-state index contributed by atoms with van der Waals surface area (Å²) in [4.78, 5) is 0. The van der Waals surface area contributed by atoms with E-state index in [2.05, 4.69) is 0 Å². The molecule has 104 valence electrons. The Bertz CT molecular complexity index is 520. The van der Waals surface area contributed by atoms with Crippen molar-refractivity contribution >= 4 is 0 Å². The molecule has 0 saturated carbocycles. The van der Waals surface area contributed by atoms with Crippen LogP contribution in [0.5, 0.6) is 0 Å². The summed E-state index contributed by atoms with van der Waals surface area (Å²) in [6, 6.07) is 1.11. The molecule has 0 aromatic heterocycles. The summed E-state index contributed by atoms with van der Waals surface area (Å²) in [5.74, 6) is 0. The lowest BCUT2D eigenvalue weighted by Gasteiger charge is -2.19. The molecule has 1 aromatic carbocycles. The molecule has 0 fully saturated rings. The molecule has 0 heterocycles. The van der Waals surface area contributed by atoms with E-state index in [1.54, 1.807) is 0 Å². The number of rotatable bonds is 1. The van der Waals surface area contributed by atoms with Gasteiger partial charge in [0.25, 0.3) is 6.43 Å². The quantitative estimate of drug-likeness (QED) is 0.697. The third kappa shape index (κ3) is 3.13. The van der Waals surface area contributed by atoms with Gasteiger partial charge in [0.1, 0.15) is 0 Å². The number of halogens is 8. The van der Waals surface area contributed by atoms with Crippen molar-refractivity contribution in [2.75, 3.05) is 0 Å². The first-order chi connectivity index (χ1) is 8.48. The van der Waals surface area contributed by atoms with Crippen LogP contribution in [0.25, 0.3) is 0 Å². The monoisotopic (exact) mass is 289 g/mol. The maximum atomic E-state index is 12.5. The smallest absolute Gasteiger partial charge is 0.205 e. The summed E-state index contributed by atoms with van der Waals surface area (Å²) in [6.07, 6.45) is -14.9. The Labute approximate surface area is 101 Å². The van der Waals surface area contributed by atoms with Crippen LogP contribution in [-0.2, 0) is 12.4 Å². The van der Waals surface area contributed by atoms with Crippen LogP contribution in [0.4, 0.5) is 35.1 Å². The zero-order valence-corrected chi connectivity index (χ0v) is 8.70. The highest BCUT2D eigenvalue weighted by atomic mass is 19.4. The fourth-order valence-corrected chi connectivity index (χ4v) is 1.44. The van der Waals surface area contributed by atoms with Crippen LogP contribution < -0.4 is 0 Å². The summed E-state index contributed by atoms with van der Waals surface area (Å²) in [5.41, 5.74) is -7.54. The van der Waals surface area contributed by atoms with Crippen LogP contribution in [0.2, 0.25) is 0 Å². The lowest BCUT2D eigenvalue weighted by atomic mass is 9.97. The minimum absolute atomic E-state index is 0.0999. The van der Waals surface area contributed by atoms with Crippen LogP contribution in [-0.4, -0.2) is 0 Å². The zero-order valence-electron chi connectivity index (χ0n) is 8.70. The molecule has 0 unspecified atom stereocenters. The molecule has 1 nitrogen and oxygen atoms in total. The number of alkyl halides is 8. The molecular formula is C10H3F8N. The third-order valence-electron chi connectivity index (χ3n) is 2.12. The topological polar surface area (TPSA) is 23.8 Å². The third-order valence-corrected chi connectivity index (χ3v) is 2.12. The van der Waals surface area contributed by atoms with E-state index in [0.717, 1.165) is 6.07 Å². The molecule has 0 aliphatic rings. The van der Waals surface area contributed by atoms with E-state index in [4.69, 9.17) is 5.26 Å². The fraction of sp³-hybridized carbons (Fsp3) is 0.300. The molecule has 19 heavy (non-hydrogen) atoms. The highest BCUT2D eigenvalue weighted by molar-refractivity contribution is 5.47. The Kier molecular flexibility index (Phi) is 3.74. The molecule has 0 bridgehead atoms. The van der Waals surface area contributed by atoms with Crippen molar-refractivity contribution in [1.29, 1.82) is 5.26 Å². The van der Waals surface area contributed by atoms with Gasteiger partial charge in [-0.3, -0.25) is 0 Å². The van der Waals surface area contributed by atoms with Crippen LogP contribution in [0.15, 0.2) is 12.1 Å². The second kappa shape index (κ2) is 4.68. The Morgan fingerprint density at radius 2 is 1.47 bits per heavy atom. The van der Waals surface area contributed by atoms with Crippen molar-refractivity contribution in [3.63, 3.8) is 0 Å². The largest absolute Gasteiger partial charge is 0.417 e. The maximum Gasteiger partial charge on any atom is 0.417 e. The lowest BCUT2D eigenvalue weighted by molar-refractivity contribution is -0.163. The number of nitrogens with zero attached hydrogens (tertiary/aromatic N) is 1. The molecule has 0 N–H and O–H groups in total. The Morgan fingerprint density at radius 3 is 1.79 bits per heavy atom. The first-order valence-electron chi connectivity index (χ1n) is 4.49. The van der Waals surface area contributed by atoms with E-state index in [-0.39, 0.29) is 12.1 Å². The average molecular weight is 289 g/mol. The molecule has 1 aromatic rings. The summed E-state index contributed by atoms with van der Waals surface area (Å²) >= 11 is 0. The van der Waals surface area contributed by atoms with E-state index in [1.165, 1.54) is 0 Å². The second-order valence-corrected chi connectivity index (χ2v) is 3.40. The predicted octanol–water partition coefficient (Wildman–Crippen LogP) is 4.53. The zero-order chi connectivity index (χ0) is 15.0. The van der Waals surface area contributed by atoms with Crippen molar-refractivity contribution < 1.29 is 35.1 Å². The van der Waals surface area contributed by atoms with Crippen molar-refractivity contribution in [3.05, 3.63) is 34.4 Å². The van der Waals surface area contributed by atoms with E-state index in [1.807, 2.05) is 0 Å². The molecule has 9 heteroatoms. The van der Waals surface area contributed by atoms with Gasteiger partial charge in [0.15, 0.2) is 0 Å². The highest BCUT2D eigenvalue weighted by Gasteiger charge is 2.46. The van der Waals surface area contributed by atoms with E-state index < -0.39 is 41.0 Å². The average Bonchev–Trinajstić information content (AvgIpc) is 2.24. The lowest BCUT2D eigenvalue weighted by Crippen LogP contribution is -2.19. The maximum absolute atomic E-state index is 12.5. The highest BCUT2D eigenvalue weighted by Crippen LogP contribution is 2.44. The van der Waals surface area contributed by atoms with E-state index in [0.29, 0.717) is 0 Å². The van der Waals surface area contributed by atoms with Gasteiger partial charge in [0.05, 0.1) is 22.8 Å². The minimum atomic E-state index is -5.61. The number of hydrogen-bond acceptors (Lipinski definition) is 1. The predicted molar refractivity (Wildman–Crippen MR) is 46.1 cm³/mol. The number of nitriles is 1. The molecule has 0 amide bonds. The summed E-state index contributed by atoms with van der Waals surface area (Å²) in [5, 5.41) is 8.38. The van der Waals surface area contributed by atoms with Crippen LogP contribution >= 0.6 is 0 Å². The van der Waals surface area contributed by atoms with Gasteiger partial charge >= 0.3 is 12.4 Å². The SMILES string of the molecule is N#Cc1cc(C(F)F)c(C(F)(F)F)c(C(F)(F)F)c1. The molecule has 0 aliphatic heterocycles. The summed E-state index contributed by atoms with van der Waals surface area (Å²) in [6.45, 7) is 0. The molecule has 0 atom stereocenters. The Balaban J connectivity index is 3.79. The Hall–Kier alpha value is -1.85. The summed E-state index contributed by atoms with van der Waals surface area (Å²) < 4.78 is 99.9. The van der Waals surface area contributed by atoms with Gasteiger partial charge in [-0.15, -0.1) is 0 Å². The van der Waals surface area contributed by atoms with Crippen molar-refractivity contribution in [2.24, 2.45) is 0 Å². The van der Waals surface area contributed by atoms with Gasteiger partial charge < -0.3 is 0 Å².